The molecule has 37 heavy (non-hydrogen) atoms. The quantitative estimate of drug-likeness (QED) is 0.390. The van der Waals surface area contributed by atoms with Gasteiger partial charge in [0.2, 0.25) is 5.95 Å². The van der Waals surface area contributed by atoms with Crippen LogP contribution in [0.2, 0.25) is 0 Å². The van der Waals surface area contributed by atoms with Crippen molar-refractivity contribution in [3.63, 3.8) is 0 Å². The van der Waals surface area contributed by atoms with Crippen LogP contribution in [0.1, 0.15) is 42.8 Å². The number of carboxylic acid groups (broad SMARTS) is 1. The van der Waals surface area contributed by atoms with Gasteiger partial charge in [-0.1, -0.05) is 23.4 Å². The molecular weight excluding hydrogens is 470 g/mol. The minimum Gasteiger partial charge on any atom is -0.480 e. The van der Waals surface area contributed by atoms with Gasteiger partial charge in [0.1, 0.15) is 11.7 Å². The lowest BCUT2D eigenvalue weighted by atomic mass is 10.1. The molecule has 1 saturated heterocycles. The number of nitriles is 1. The molecule has 1 aliphatic heterocycles. The fourth-order valence-electron chi connectivity index (χ4n) is 4.66. The van der Waals surface area contributed by atoms with Gasteiger partial charge in [0.05, 0.1) is 53.2 Å². The van der Waals surface area contributed by atoms with Crippen LogP contribution in [0, 0.1) is 11.3 Å². The van der Waals surface area contributed by atoms with Gasteiger partial charge in [-0.05, 0) is 56.6 Å². The largest absolute Gasteiger partial charge is 0.480 e. The van der Waals surface area contributed by atoms with Gasteiger partial charge in [-0.15, -0.1) is 5.10 Å². The lowest BCUT2D eigenvalue weighted by Crippen LogP contribution is -2.38. The molecule has 0 radical (unpaired) electrons. The topological polar surface area (TPSA) is 160 Å². The molecule has 11 heteroatoms. The van der Waals surface area contributed by atoms with E-state index in [1.807, 2.05) is 36.1 Å². The first-order chi connectivity index (χ1) is 17.9. The zero-order valence-corrected chi connectivity index (χ0v) is 20.2. The maximum Gasteiger partial charge on any atom is 0.320 e. The Balaban J connectivity index is 1.36. The molecule has 1 aliphatic rings. The minimum atomic E-state index is -0.790. The van der Waals surface area contributed by atoms with Crippen LogP contribution in [-0.4, -0.2) is 58.5 Å². The van der Waals surface area contributed by atoms with Gasteiger partial charge in [0.15, 0.2) is 0 Å². The third-order valence-corrected chi connectivity index (χ3v) is 6.49. The van der Waals surface area contributed by atoms with Crippen LogP contribution in [0.3, 0.4) is 0 Å². The molecular formula is C26H25N9O2. The SMILES string of the molecule is CC(c1cccc(Cn2cc(-c3cc(-c4cccc(C#N)c4)nc(N)n3)nn2)n1)N1CCCC1C(=O)O. The van der Waals surface area contributed by atoms with Crippen LogP contribution in [0.5, 0.6) is 0 Å². The highest BCUT2D eigenvalue weighted by atomic mass is 16.4. The average Bonchev–Trinajstić information content (AvgIpc) is 3.58. The summed E-state index contributed by atoms with van der Waals surface area (Å²) in [5.41, 5.74) is 10.5. The number of carbonyl (C=O) groups is 1. The Kier molecular flexibility index (Phi) is 6.57. The average molecular weight is 496 g/mol. The van der Waals surface area contributed by atoms with E-state index in [0.717, 1.165) is 29.9 Å². The number of hydrogen-bond donors (Lipinski definition) is 2. The second kappa shape index (κ2) is 10.1. The van der Waals surface area contributed by atoms with Crippen molar-refractivity contribution in [2.24, 2.45) is 0 Å². The standard InChI is InChI=1S/C26H25N9O2/c1-16(35-10-4-9-24(35)25(36)37)20-8-3-7-19(29-20)14-34-15-23(32-33-34)22-12-21(30-26(28)31-22)18-6-2-5-17(11-18)13-27/h2-3,5-8,11-12,15-16,24H,4,9-10,14H2,1H3,(H,36,37)(H2,28,30,31). The molecule has 5 rings (SSSR count). The molecule has 11 nitrogen and oxygen atoms in total. The molecule has 0 saturated carbocycles. The van der Waals surface area contributed by atoms with Crippen molar-refractivity contribution in [3.8, 4) is 28.7 Å². The van der Waals surface area contributed by atoms with E-state index in [9.17, 15) is 15.2 Å². The Hall–Kier alpha value is -4.69. The van der Waals surface area contributed by atoms with Gasteiger partial charge in [-0.2, -0.15) is 5.26 Å². The number of hydrogen-bond acceptors (Lipinski definition) is 9. The molecule has 0 spiro atoms. The minimum absolute atomic E-state index is 0.0920. The lowest BCUT2D eigenvalue weighted by Gasteiger charge is -2.28. The van der Waals surface area contributed by atoms with E-state index in [2.05, 4.69) is 26.3 Å². The predicted octanol–water partition coefficient (Wildman–Crippen LogP) is 2.91. The zero-order chi connectivity index (χ0) is 25.9. The molecule has 186 valence electrons. The van der Waals surface area contributed by atoms with Crippen LogP contribution in [0.4, 0.5) is 5.95 Å². The fraction of sp³-hybridized carbons (Fsp3) is 0.269. The fourth-order valence-corrected chi connectivity index (χ4v) is 4.66. The van der Waals surface area contributed by atoms with Crippen LogP contribution < -0.4 is 5.73 Å². The summed E-state index contributed by atoms with van der Waals surface area (Å²) in [6, 6.07) is 16.1. The van der Waals surface area contributed by atoms with Crippen molar-refractivity contribution in [3.05, 3.63) is 71.7 Å². The maximum absolute atomic E-state index is 11.6. The van der Waals surface area contributed by atoms with Gasteiger partial charge in [-0.25, -0.2) is 14.6 Å². The maximum atomic E-state index is 11.6. The molecule has 3 N–H and O–H groups in total. The Morgan fingerprint density at radius 1 is 1.16 bits per heavy atom. The summed E-state index contributed by atoms with van der Waals surface area (Å²) in [7, 11) is 0. The Bertz CT molecular complexity index is 1490. The smallest absolute Gasteiger partial charge is 0.320 e. The number of nitrogens with two attached hydrogens (primary N) is 1. The molecule has 1 aromatic carbocycles. The number of rotatable bonds is 7. The zero-order valence-electron chi connectivity index (χ0n) is 20.2. The van der Waals surface area contributed by atoms with E-state index >= 15 is 0 Å². The summed E-state index contributed by atoms with van der Waals surface area (Å²) >= 11 is 0. The molecule has 0 bridgehead atoms. The van der Waals surface area contributed by atoms with Crippen LogP contribution in [-0.2, 0) is 11.3 Å². The Labute approximate surface area is 213 Å². The Morgan fingerprint density at radius 3 is 2.78 bits per heavy atom. The predicted molar refractivity (Wildman–Crippen MR) is 135 cm³/mol. The number of aliphatic carboxylic acids is 1. The molecule has 3 aromatic heterocycles. The molecule has 2 unspecified atom stereocenters. The van der Waals surface area contributed by atoms with E-state index in [0.29, 0.717) is 35.6 Å². The number of likely N-dealkylation sites (tertiary alicyclic amines) is 1. The molecule has 0 aliphatic carbocycles. The second-order valence-electron chi connectivity index (χ2n) is 8.95. The van der Waals surface area contributed by atoms with Gasteiger partial charge >= 0.3 is 5.97 Å². The van der Waals surface area contributed by atoms with Crippen molar-refractivity contribution in [1.82, 2.24) is 34.8 Å². The summed E-state index contributed by atoms with van der Waals surface area (Å²) in [6.45, 7) is 3.11. The highest BCUT2D eigenvalue weighted by Crippen LogP contribution is 2.29. The number of aromatic nitrogens is 6. The van der Waals surface area contributed by atoms with E-state index in [1.54, 1.807) is 35.1 Å². The third kappa shape index (κ3) is 5.14. The van der Waals surface area contributed by atoms with Crippen LogP contribution in [0.15, 0.2) is 54.7 Å². The summed E-state index contributed by atoms with van der Waals surface area (Å²) in [5, 5.41) is 27.2. The van der Waals surface area contributed by atoms with Gasteiger partial charge in [0.25, 0.3) is 0 Å². The molecule has 0 amide bonds. The van der Waals surface area contributed by atoms with Gasteiger partial charge in [0, 0.05) is 5.56 Å². The summed E-state index contributed by atoms with van der Waals surface area (Å²) in [4.78, 5) is 27.0. The summed E-state index contributed by atoms with van der Waals surface area (Å²) in [6.07, 6.45) is 3.28. The first-order valence-electron chi connectivity index (χ1n) is 11.9. The molecule has 4 heterocycles. The molecule has 2 atom stereocenters. The number of nitrogen functional groups attached to an aromatic ring is 1. The van der Waals surface area contributed by atoms with E-state index in [4.69, 9.17) is 10.7 Å². The number of pyridine rings is 1. The summed E-state index contributed by atoms with van der Waals surface area (Å²) < 4.78 is 1.66. The van der Waals surface area contributed by atoms with Gasteiger partial charge < -0.3 is 10.8 Å². The van der Waals surface area contributed by atoms with Crippen molar-refractivity contribution >= 4 is 11.9 Å². The first-order valence-corrected chi connectivity index (χ1v) is 11.9. The summed E-state index contributed by atoms with van der Waals surface area (Å²) in [5.74, 6) is -0.698. The van der Waals surface area contributed by atoms with Crippen molar-refractivity contribution in [1.29, 1.82) is 5.26 Å². The van der Waals surface area contributed by atoms with Crippen molar-refractivity contribution < 1.29 is 9.90 Å². The van der Waals surface area contributed by atoms with Crippen molar-refractivity contribution in [2.75, 3.05) is 12.3 Å². The normalized spacial score (nSPS) is 16.4. The molecule has 4 aromatic rings. The lowest BCUT2D eigenvalue weighted by molar-refractivity contribution is -0.142. The molecule has 1 fully saturated rings. The third-order valence-electron chi connectivity index (χ3n) is 6.49. The Morgan fingerprint density at radius 2 is 1.97 bits per heavy atom. The monoisotopic (exact) mass is 495 g/mol. The van der Waals surface area contributed by atoms with E-state index in [1.165, 1.54) is 0 Å². The number of carboxylic acids is 1. The highest BCUT2D eigenvalue weighted by molar-refractivity contribution is 5.74. The van der Waals surface area contributed by atoms with Crippen molar-refractivity contribution in [2.45, 2.75) is 38.4 Å². The van der Waals surface area contributed by atoms with E-state index < -0.39 is 12.0 Å². The van der Waals surface area contributed by atoms with Gasteiger partial charge in [-0.3, -0.25) is 14.7 Å². The van der Waals surface area contributed by atoms with Crippen LogP contribution >= 0.6 is 0 Å². The highest BCUT2D eigenvalue weighted by Gasteiger charge is 2.34. The van der Waals surface area contributed by atoms with Crippen LogP contribution in [0.25, 0.3) is 22.6 Å². The number of nitrogens with zero attached hydrogens (tertiary/aromatic N) is 8. The number of benzene rings is 1. The first kappa shape index (κ1) is 24.0. The second-order valence-corrected chi connectivity index (χ2v) is 8.95. The van der Waals surface area contributed by atoms with E-state index in [-0.39, 0.29) is 12.0 Å². The number of anilines is 1.